The van der Waals surface area contributed by atoms with Crippen molar-refractivity contribution >= 4 is 0 Å². The average Bonchev–Trinajstić information content (AvgIpc) is 2.94. The van der Waals surface area contributed by atoms with Gasteiger partial charge in [-0.1, -0.05) is 32.0 Å². The minimum absolute atomic E-state index is 0.352. The molecule has 0 amide bonds. The Morgan fingerprint density at radius 1 is 1.29 bits per heavy atom. The molecule has 0 bridgehead atoms. The highest BCUT2D eigenvalue weighted by Gasteiger charge is 2.18. The highest BCUT2D eigenvalue weighted by atomic mass is 16.5. The van der Waals surface area contributed by atoms with Crippen LogP contribution in [-0.2, 0) is 13.0 Å². The van der Waals surface area contributed by atoms with Gasteiger partial charge in [0.2, 0.25) is 0 Å². The molecule has 1 atom stereocenters. The van der Waals surface area contributed by atoms with Gasteiger partial charge in [-0.05, 0) is 24.0 Å². The standard InChI is InChI=1S/C17H25N3O/c1-13(2)15(10-18)16-11-19-12-20(16)9-8-14-6-4-5-7-17(14)21-3/h4-7,11-13,15H,8-10,18H2,1-3H3. The number of methoxy groups -OCH3 is 1. The first-order chi connectivity index (χ1) is 10.2. The molecule has 114 valence electrons. The van der Waals surface area contributed by atoms with Gasteiger partial charge in [-0.2, -0.15) is 0 Å². The summed E-state index contributed by atoms with van der Waals surface area (Å²) in [7, 11) is 1.71. The van der Waals surface area contributed by atoms with E-state index in [-0.39, 0.29) is 0 Å². The van der Waals surface area contributed by atoms with E-state index in [2.05, 4.69) is 29.5 Å². The van der Waals surface area contributed by atoms with Crippen LogP contribution in [0, 0.1) is 5.92 Å². The van der Waals surface area contributed by atoms with Gasteiger partial charge in [0.05, 0.1) is 13.4 Å². The number of hydrogen-bond donors (Lipinski definition) is 1. The molecule has 0 fully saturated rings. The number of nitrogens with two attached hydrogens (primary N) is 1. The number of benzene rings is 1. The van der Waals surface area contributed by atoms with Gasteiger partial charge in [0.1, 0.15) is 5.75 Å². The molecule has 2 aromatic rings. The summed E-state index contributed by atoms with van der Waals surface area (Å²) in [6, 6.07) is 8.15. The maximum Gasteiger partial charge on any atom is 0.122 e. The second kappa shape index (κ2) is 7.27. The van der Waals surface area contributed by atoms with Crippen LogP contribution >= 0.6 is 0 Å². The monoisotopic (exact) mass is 287 g/mol. The molecule has 2 rings (SSSR count). The molecule has 0 aliphatic heterocycles. The van der Waals surface area contributed by atoms with Gasteiger partial charge in [-0.15, -0.1) is 0 Å². The Labute approximate surface area is 127 Å². The number of aryl methyl sites for hydroxylation is 2. The van der Waals surface area contributed by atoms with Crippen molar-refractivity contribution in [1.29, 1.82) is 0 Å². The molecule has 1 aromatic heterocycles. The van der Waals surface area contributed by atoms with E-state index in [1.807, 2.05) is 30.7 Å². The fourth-order valence-corrected chi connectivity index (χ4v) is 2.71. The molecule has 1 aromatic carbocycles. The molecule has 4 heteroatoms. The van der Waals surface area contributed by atoms with Crippen LogP contribution in [0.4, 0.5) is 0 Å². The second-order valence-electron chi connectivity index (χ2n) is 5.66. The zero-order chi connectivity index (χ0) is 15.2. The predicted octanol–water partition coefficient (Wildman–Crippen LogP) is 2.83. The smallest absolute Gasteiger partial charge is 0.122 e. The minimum Gasteiger partial charge on any atom is -0.496 e. The molecule has 2 N–H and O–H groups in total. The third-order valence-electron chi connectivity index (χ3n) is 4.00. The van der Waals surface area contributed by atoms with E-state index in [9.17, 15) is 0 Å². The van der Waals surface area contributed by atoms with E-state index in [1.165, 1.54) is 11.3 Å². The lowest BCUT2D eigenvalue weighted by Crippen LogP contribution is -2.21. The Morgan fingerprint density at radius 3 is 2.71 bits per heavy atom. The number of ether oxygens (including phenoxy) is 1. The van der Waals surface area contributed by atoms with E-state index in [1.54, 1.807) is 7.11 Å². The number of para-hydroxylation sites is 1. The van der Waals surface area contributed by atoms with E-state index >= 15 is 0 Å². The number of aromatic nitrogens is 2. The van der Waals surface area contributed by atoms with Crippen LogP contribution in [0.3, 0.4) is 0 Å². The molecule has 21 heavy (non-hydrogen) atoms. The zero-order valence-electron chi connectivity index (χ0n) is 13.1. The Bertz CT molecular complexity index is 563. The fraction of sp³-hybridized carbons (Fsp3) is 0.471. The molecule has 4 nitrogen and oxygen atoms in total. The summed E-state index contributed by atoms with van der Waals surface area (Å²) in [5.74, 6) is 1.81. The highest BCUT2D eigenvalue weighted by molar-refractivity contribution is 5.33. The Morgan fingerprint density at radius 2 is 2.05 bits per heavy atom. The fourth-order valence-electron chi connectivity index (χ4n) is 2.71. The van der Waals surface area contributed by atoms with E-state index < -0.39 is 0 Å². The summed E-state index contributed by atoms with van der Waals surface area (Å²) in [4.78, 5) is 4.30. The first-order valence-electron chi connectivity index (χ1n) is 7.49. The third-order valence-corrected chi connectivity index (χ3v) is 4.00. The van der Waals surface area contributed by atoms with Crippen LogP contribution in [0.25, 0.3) is 0 Å². The predicted molar refractivity (Wildman–Crippen MR) is 85.6 cm³/mol. The summed E-state index contributed by atoms with van der Waals surface area (Å²) in [6.07, 6.45) is 4.76. The molecule has 0 radical (unpaired) electrons. The van der Waals surface area contributed by atoms with E-state index in [0.29, 0.717) is 18.4 Å². The molecule has 0 spiro atoms. The van der Waals surface area contributed by atoms with Crippen LogP contribution in [0.2, 0.25) is 0 Å². The summed E-state index contributed by atoms with van der Waals surface area (Å²) in [5.41, 5.74) is 8.37. The largest absolute Gasteiger partial charge is 0.496 e. The minimum atomic E-state index is 0.352. The van der Waals surface area contributed by atoms with Crippen LogP contribution in [-0.4, -0.2) is 23.2 Å². The quantitative estimate of drug-likeness (QED) is 0.852. The highest BCUT2D eigenvalue weighted by Crippen LogP contribution is 2.24. The SMILES string of the molecule is COc1ccccc1CCn1cncc1C(CN)C(C)C. The summed E-state index contributed by atoms with van der Waals surface area (Å²) < 4.78 is 7.62. The first-order valence-corrected chi connectivity index (χ1v) is 7.49. The van der Waals surface area contributed by atoms with Gasteiger partial charge in [-0.25, -0.2) is 4.98 Å². The average molecular weight is 287 g/mol. The van der Waals surface area contributed by atoms with Gasteiger partial charge >= 0.3 is 0 Å². The number of rotatable bonds is 7. The van der Waals surface area contributed by atoms with Crippen molar-refractivity contribution in [3.63, 3.8) is 0 Å². The van der Waals surface area contributed by atoms with Crippen LogP contribution in [0.5, 0.6) is 5.75 Å². The molecular weight excluding hydrogens is 262 g/mol. The second-order valence-corrected chi connectivity index (χ2v) is 5.66. The van der Waals surface area contributed by atoms with Gasteiger partial charge in [0.15, 0.2) is 0 Å². The number of nitrogens with zero attached hydrogens (tertiary/aromatic N) is 2. The van der Waals surface area contributed by atoms with Crippen molar-refractivity contribution in [2.75, 3.05) is 13.7 Å². The Kier molecular flexibility index (Phi) is 5.39. The van der Waals surface area contributed by atoms with Crippen molar-refractivity contribution in [3.05, 3.63) is 48.0 Å². The molecule has 1 unspecified atom stereocenters. The Balaban J connectivity index is 2.12. The van der Waals surface area contributed by atoms with Crippen molar-refractivity contribution in [2.45, 2.75) is 32.7 Å². The van der Waals surface area contributed by atoms with E-state index in [0.717, 1.165) is 18.7 Å². The lowest BCUT2D eigenvalue weighted by molar-refractivity contribution is 0.407. The topological polar surface area (TPSA) is 53.1 Å². The van der Waals surface area contributed by atoms with E-state index in [4.69, 9.17) is 10.5 Å². The lowest BCUT2D eigenvalue weighted by atomic mass is 9.93. The molecule has 0 aliphatic carbocycles. The van der Waals surface area contributed by atoms with Crippen LogP contribution in [0.15, 0.2) is 36.8 Å². The Hall–Kier alpha value is -1.81. The molecule has 1 heterocycles. The summed E-state index contributed by atoms with van der Waals surface area (Å²) in [6.45, 7) is 5.95. The number of hydrogen-bond acceptors (Lipinski definition) is 3. The van der Waals surface area contributed by atoms with Crippen molar-refractivity contribution < 1.29 is 4.74 Å². The molecular formula is C17H25N3O. The zero-order valence-corrected chi connectivity index (χ0v) is 13.1. The van der Waals surface area contributed by atoms with Gasteiger partial charge < -0.3 is 15.0 Å². The van der Waals surface area contributed by atoms with Gasteiger partial charge in [-0.3, -0.25) is 0 Å². The van der Waals surface area contributed by atoms with Gasteiger partial charge in [0.25, 0.3) is 0 Å². The lowest BCUT2D eigenvalue weighted by Gasteiger charge is -2.20. The maximum atomic E-state index is 5.93. The van der Waals surface area contributed by atoms with Crippen molar-refractivity contribution in [2.24, 2.45) is 11.7 Å². The van der Waals surface area contributed by atoms with Crippen molar-refractivity contribution in [3.8, 4) is 5.75 Å². The summed E-state index contributed by atoms with van der Waals surface area (Å²) >= 11 is 0. The maximum absolute atomic E-state index is 5.93. The normalized spacial score (nSPS) is 12.6. The van der Waals surface area contributed by atoms with Gasteiger partial charge in [0, 0.05) is 30.9 Å². The summed E-state index contributed by atoms with van der Waals surface area (Å²) in [5, 5.41) is 0. The van der Waals surface area contributed by atoms with Crippen molar-refractivity contribution in [1.82, 2.24) is 9.55 Å². The molecule has 0 saturated carbocycles. The third kappa shape index (κ3) is 3.64. The molecule has 0 aliphatic rings. The van der Waals surface area contributed by atoms with Crippen LogP contribution in [0.1, 0.15) is 31.0 Å². The first kappa shape index (κ1) is 15.6. The van der Waals surface area contributed by atoms with Crippen LogP contribution < -0.4 is 10.5 Å². The number of imidazole rings is 1. The molecule has 0 saturated heterocycles.